The summed E-state index contributed by atoms with van der Waals surface area (Å²) in [4.78, 5) is 12.4. The molecule has 0 spiro atoms. The van der Waals surface area contributed by atoms with E-state index in [1.165, 1.54) is 32.1 Å². The molecule has 0 amide bonds. The van der Waals surface area contributed by atoms with Crippen LogP contribution in [0.4, 0.5) is 0 Å². The number of hydrogen-bond donors (Lipinski definition) is 0. The van der Waals surface area contributed by atoms with Crippen molar-refractivity contribution in [1.29, 1.82) is 0 Å². The van der Waals surface area contributed by atoms with Gasteiger partial charge in [-0.3, -0.25) is 4.79 Å². The molecule has 1 saturated carbocycles. The van der Waals surface area contributed by atoms with Gasteiger partial charge in [0.1, 0.15) is 0 Å². The van der Waals surface area contributed by atoms with Crippen LogP contribution < -0.4 is 0 Å². The second kappa shape index (κ2) is 11.1. The molecular formula is C18H34O3. The second-order valence-corrected chi connectivity index (χ2v) is 6.36. The third-order valence-electron chi connectivity index (χ3n) is 4.78. The van der Waals surface area contributed by atoms with Crippen LogP contribution in [-0.4, -0.2) is 25.8 Å². The van der Waals surface area contributed by atoms with Crippen molar-refractivity contribution in [3.05, 3.63) is 0 Å². The first kappa shape index (κ1) is 18.5. The summed E-state index contributed by atoms with van der Waals surface area (Å²) in [6.07, 6.45) is 9.48. The maximum absolute atomic E-state index is 12.4. The highest BCUT2D eigenvalue weighted by atomic mass is 16.5. The molecule has 3 nitrogen and oxygen atoms in total. The molecule has 0 aromatic carbocycles. The Kier molecular flexibility index (Phi) is 9.73. The number of unbranched alkanes of at least 4 members (excludes halogenated alkanes) is 1. The van der Waals surface area contributed by atoms with Crippen molar-refractivity contribution in [2.45, 2.75) is 72.1 Å². The van der Waals surface area contributed by atoms with E-state index < -0.39 is 0 Å². The number of carbonyl (C=O) groups excluding carboxylic acids is 1. The van der Waals surface area contributed by atoms with Gasteiger partial charge in [-0.15, -0.1) is 0 Å². The van der Waals surface area contributed by atoms with Crippen LogP contribution in [0.1, 0.15) is 72.1 Å². The van der Waals surface area contributed by atoms with Gasteiger partial charge in [0, 0.05) is 6.61 Å². The molecule has 2 unspecified atom stereocenters. The summed E-state index contributed by atoms with van der Waals surface area (Å²) in [7, 11) is 0. The van der Waals surface area contributed by atoms with Crippen LogP contribution in [0, 0.1) is 17.8 Å². The molecule has 0 aromatic heterocycles. The minimum atomic E-state index is -0.0452. The van der Waals surface area contributed by atoms with Crippen LogP contribution in [0.25, 0.3) is 0 Å². The maximum Gasteiger partial charge on any atom is 0.311 e. The number of carbonyl (C=O) groups is 1. The lowest BCUT2D eigenvalue weighted by Gasteiger charge is -2.23. The van der Waals surface area contributed by atoms with E-state index in [9.17, 15) is 4.79 Å². The van der Waals surface area contributed by atoms with Gasteiger partial charge in [0.15, 0.2) is 0 Å². The van der Waals surface area contributed by atoms with Crippen molar-refractivity contribution < 1.29 is 14.3 Å². The fraction of sp³-hybridized carbons (Fsp3) is 0.944. The van der Waals surface area contributed by atoms with Gasteiger partial charge >= 0.3 is 5.97 Å². The zero-order valence-electron chi connectivity index (χ0n) is 14.2. The average molecular weight is 298 g/mol. The number of esters is 1. The molecule has 124 valence electrons. The molecule has 0 bridgehead atoms. The molecule has 1 aliphatic carbocycles. The number of hydrogen-bond acceptors (Lipinski definition) is 3. The molecule has 1 rings (SSSR count). The minimum Gasteiger partial charge on any atom is -0.465 e. The summed E-state index contributed by atoms with van der Waals surface area (Å²) in [5.74, 6) is 0.923. The van der Waals surface area contributed by atoms with Gasteiger partial charge in [-0.1, -0.05) is 46.0 Å². The van der Waals surface area contributed by atoms with Crippen LogP contribution in [0.15, 0.2) is 0 Å². The summed E-state index contributed by atoms with van der Waals surface area (Å²) in [5, 5.41) is 0. The first-order valence-electron chi connectivity index (χ1n) is 8.97. The Bertz CT molecular complexity index is 272. The Morgan fingerprint density at radius 2 is 1.86 bits per heavy atom. The predicted molar refractivity (Wildman–Crippen MR) is 86.2 cm³/mol. The highest BCUT2D eigenvalue weighted by molar-refractivity contribution is 5.73. The van der Waals surface area contributed by atoms with Crippen LogP contribution in [-0.2, 0) is 14.3 Å². The largest absolute Gasteiger partial charge is 0.465 e. The van der Waals surface area contributed by atoms with Gasteiger partial charge in [0.25, 0.3) is 0 Å². The summed E-state index contributed by atoms with van der Waals surface area (Å²) >= 11 is 0. The van der Waals surface area contributed by atoms with Gasteiger partial charge in [-0.05, 0) is 38.0 Å². The fourth-order valence-corrected chi connectivity index (χ4v) is 3.21. The topological polar surface area (TPSA) is 35.5 Å². The molecule has 1 aliphatic rings. The SMILES string of the molecule is CCCCC(CC)COC(=O)C(COCC)C1CCCC1. The first-order valence-corrected chi connectivity index (χ1v) is 8.97. The van der Waals surface area contributed by atoms with Crippen molar-refractivity contribution in [2.24, 2.45) is 17.8 Å². The first-order chi connectivity index (χ1) is 10.2. The third-order valence-corrected chi connectivity index (χ3v) is 4.78. The van der Waals surface area contributed by atoms with Gasteiger partial charge in [0.05, 0.1) is 19.1 Å². The average Bonchev–Trinajstić information content (AvgIpc) is 3.02. The van der Waals surface area contributed by atoms with Crippen LogP contribution in [0.3, 0.4) is 0 Å². The van der Waals surface area contributed by atoms with Gasteiger partial charge < -0.3 is 9.47 Å². The van der Waals surface area contributed by atoms with Crippen molar-refractivity contribution >= 4 is 5.97 Å². The lowest BCUT2D eigenvalue weighted by Crippen LogP contribution is -2.30. The maximum atomic E-state index is 12.4. The highest BCUT2D eigenvalue weighted by Gasteiger charge is 2.32. The van der Waals surface area contributed by atoms with Crippen LogP contribution in [0.5, 0.6) is 0 Å². The molecule has 0 saturated heterocycles. The minimum absolute atomic E-state index is 0.0229. The highest BCUT2D eigenvalue weighted by Crippen LogP contribution is 2.32. The van der Waals surface area contributed by atoms with E-state index in [4.69, 9.17) is 9.47 Å². The predicted octanol–water partition coefficient (Wildman–Crippen LogP) is 4.59. The van der Waals surface area contributed by atoms with Gasteiger partial charge in [-0.2, -0.15) is 0 Å². The standard InChI is InChI=1S/C18H34O3/c1-4-7-10-15(5-2)13-21-18(19)17(14-20-6-3)16-11-8-9-12-16/h15-17H,4-14H2,1-3H3. The molecule has 0 radical (unpaired) electrons. The quantitative estimate of drug-likeness (QED) is 0.523. The summed E-state index contributed by atoms with van der Waals surface area (Å²) in [6, 6.07) is 0. The molecule has 3 heteroatoms. The van der Waals surface area contributed by atoms with E-state index in [0.717, 1.165) is 19.3 Å². The monoisotopic (exact) mass is 298 g/mol. The van der Waals surface area contributed by atoms with E-state index in [1.54, 1.807) is 0 Å². The zero-order chi connectivity index (χ0) is 15.5. The Labute approximate surface area is 130 Å². The van der Waals surface area contributed by atoms with Crippen molar-refractivity contribution in [3.8, 4) is 0 Å². The van der Waals surface area contributed by atoms with Crippen molar-refractivity contribution in [3.63, 3.8) is 0 Å². The molecule has 0 heterocycles. The smallest absolute Gasteiger partial charge is 0.311 e. The van der Waals surface area contributed by atoms with Crippen molar-refractivity contribution in [2.75, 3.05) is 19.8 Å². The Hall–Kier alpha value is -0.570. The van der Waals surface area contributed by atoms with Crippen molar-refractivity contribution in [1.82, 2.24) is 0 Å². The Morgan fingerprint density at radius 1 is 1.14 bits per heavy atom. The third kappa shape index (κ3) is 6.82. The number of ether oxygens (including phenoxy) is 2. The van der Waals surface area contributed by atoms with E-state index in [-0.39, 0.29) is 11.9 Å². The van der Waals surface area contributed by atoms with E-state index in [0.29, 0.717) is 31.7 Å². The second-order valence-electron chi connectivity index (χ2n) is 6.36. The molecule has 0 N–H and O–H groups in total. The Morgan fingerprint density at radius 3 is 2.43 bits per heavy atom. The van der Waals surface area contributed by atoms with Crippen LogP contribution >= 0.6 is 0 Å². The van der Waals surface area contributed by atoms with Crippen LogP contribution in [0.2, 0.25) is 0 Å². The lowest BCUT2D eigenvalue weighted by atomic mass is 9.91. The normalized spacial score (nSPS) is 18.6. The Balaban J connectivity index is 2.43. The molecular weight excluding hydrogens is 264 g/mol. The summed E-state index contributed by atoms with van der Waals surface area (Å²) < 4.78 is 11.2. The number of rotatable bonds is 11. The summed E-state index contributed by atoms with van der Waals surface area (Å²) in [6.45, 7) is 8.16. The summed E-state index contributed by atoms with van der Waals surface area (Å²) in [5.41, 5.74) is 0. The molecule has 21 heavy (non-hydrogen) atoms. The molecule has 0 aromatic rings. The van der Waals surface area contributed by atoms with Gasteiger partial charge in [0.2, 0.25) is 0 Å². The lowest BCUT2D eigenvalue weighted by molar-refractivity contribution is -0.154. The molecule has 2 atom stereocenters. The van der Waals surface area contributed by atoms with Gasteiger partial charge in [-0.25, -0.2) is 0 Å². The molecule has 0 aliphatic heterocycles. The fourth-order valence-electron chi connectivity index (χ4n) is 3.21. The van der Waals surface area contributed by atoms with E-state index >= 15 is 0 Å². The zero-order valence-corrected chi connectivity index (χ0v) is 14.2. The molecule has 1 fully saturated rings. The van der Waals surface area contributed by atoms with E-state index in [1.807, 2.05) is 6.92 Å². The van der Waals surface area contributed by atoms with E-state index in [2.05, 4.69) is 13.8 Å².